The first-order chi connectivity index (χ1) is 8.65. The number of halogens is 3. The maximum absolute atomic E-state index is 13.5. The van der Waals surface area contributed by atoms with Gasteiger partial charge in [0.1, 0.15) is 0 Å². The van der Waals surface area contributed by atoms with E-state index < -0.39 is 11.6 Å². The highest BCUT2D eigenvalue weighted by Gasteiger charge is 2.20. The fourth-order valence-electron chi connectivity index (χ4n) is 1.69. The molecule has 1 aromatic carbocycles. The van der Waals surface area contributed by atoms with Gasteiger partial charge in [0, 0.05) is 12.4 Å². The predicted octanol–water partition coefficient (Wildman–Crippen LogP) is 2.83. The first kappa shape index (κ1) is 13.0. The molecule has 0 saturated heterocycles. The third-order valence-electron chi connectivity index (χ3n) is 2.54. The molecule has 0 saturated carbocycles. The Hall–Kier alpha value is -1.40. The maximum atomic E-state index is 13.5. The van der Waals surface area contributed by atoms with Gasteiger partial charge in [0.2, 0.25) is 0 Å². The average molecular weight is 314 g/mol. The van der Waals surface area contributed by atoms with Crippen molar-refractivity contribution in [2.24, 2.45) is 0 Å². The second kappa shape index (κ2) is 5.49. The predicted molar refractivity (Wildman–Crippen MR) is 67.0 cm³/mol. The van der Waals surface area contributed by atoms with Crippen molar-refractivity contribution in [2.45, 2.75) is 6.04 Å². The van der Waals surface area contributed by atoms with Crippen LogP contribution < -0.4 is 5.32 Å². The Balaban J connectivity index is 2.50. The van der Waals surface area contributed by atoms with Crippen LogP contribution in [0.4, 0.5) is 8.78 Å². The lowest BCUT2D eigenvalue weighted by Gasteiger charge is -2.17. The van der Waals surface area contributed by atoms with Crippen LogP contribution in [0.15, 0.2) is 35.2 Å². The van der Waals surface area contributed by atoms with E-state index in [1.807, 2.05) is 0 Å². The summed E-state index contributed by atoms with van der Waals surface area (Å²) in [5.41, 5.74) is 1.20. The fraction of sp³-hybridized carbons (Fsp3) is 0.167. The molecule has 0 aliphatic rings. The van der Waals surface area contributed by atoms with Crippen molar-refractivity contribution in [3.8, 4) is 0 Å². The Morgan fingerprint density at radius 2 is 2.06 bits per heavy atom. The molecule has 0 radical (unpaired) electrons. The van der Waals surface area contributed by atoms with Gasteiger partial charge in [-0.05, 0) is 34.6 Å². The van der Waals surface area contributed by atoms with Crippen molar-refractivity contribution >= 4 is 15.9 Å². The van der Waals surface area contributed by atoms with Gasteiger partial charge in [-0.3, -0.25) is 9.97 Å². The van der Waals surface area contributed by atoms with Gasteiger partial charge in [-0.25, -0.2) is 8.78 Å². The number of rotatable bonds is 3. The summed E-state index contributed by atoms with van der Waals surface area (Å²) in [6.07, 6.45) is 4.68. The van der Waals surface area contributed by atoms with Crippen molar-refractivity contribution in [3.05, 3.63) is 58.1 Å². The van der Waals surface area contributed by atoms with E-state index in [0.29, 0.717) is 11.3 Å². The summed E-state index contributed by atoms with van der Waals surface area (Å²) in [7, 11) is 1.72. The van der Waals surface area contributed by atoms with Crippen molar-refractivity contribution in [1.29, 1.82) is 0 Å². The normalized spacial score (nSPS) is 12.4. The van der Waals surface area contributed by atoms with Gasteiger partial charge in [-0.1, -0.05) is 6.07 Å². The van der Waals surface area contributed by atoms with Crippen molar-refractivity contribution in [2.75, 3.05) is 7.05 Å². The van der Waals surface area contributed by atoms with Crippen LogP contribution in [0, 0.1) is 11.6 Å². The summed E-state index contributed by atoms with van der Waals surface area (Å²) >= 11 is 3.07. The average Bonchev–Trinajstić information content (AvgIpc) is 2.41. The third kappa shape index (κ3) is 2.39. The molecule has 2 aromatic rings. The van der Waals surface area contributed by atoms with E-state index in [1.54, 1.807) is 25.6 Å². The first-order valence-electron chi connectivity index (χ1n) is 5.21. The lowest BCUT2D eigenvalue weighted by Crippen LogP contribution is -2.20. The lowest BCUT2D eigenvalue weighted by molar-refractivity contribution is 0.499. The molecular weight excluding hydrogens is 304 g/mol. The molecule has 6 heteroatoms. The van der Waals surface area contributed by atoms with E-state index in [9.17, 15) is 8.78 Å². The molecule has 3 nitrogen and oxygen atoms in total. The number of hydrogen-bond acceptors (Lipinski definition) is 3. The van der Waals surface area contributed by atoms with Crippen LogP contribution in [-0.2, 0) is 0 Å². The molecule has 1 atom stereocenters. The molecule has 1 aromatic heterocycles. The van der Waals surface area contributed by atoms with Crippen LogP contribution in [0.3, 0.4) is 0 Å². The number of nitrogens with one attached hydrogen (secondary N) is 1. The van der Waals surface area contributed by atoms with E-state index in [0.717, 1.165) is 6.07 Å². The largest absolute Gasteiger partial charge is 0.308 e. The smallest absolute Gasteiger partial charge is 0.173 e. The van der Waals surface area contributed by atoms with Crippen LogP contribution in [-0.4, -0.2) is 17.0 Å². The van der Waals surface area contributed by atoms with E-state index in [2.05, 4.69) is 31.2 Å². The van der Waals surface area contributed by atoms with Crippen LogP contribution >= 0.6 is 15.9 Å². The van der Waals surface area contributed by atoms with Crippen LogP contribution in [0.5, 0.6) is 0 Å². The summed E-state index contributed by atoms with van der Waals surface area (Å²) in [5.74, 6) is -1.80. The molecule has 2 rings (SSSR count). The fourth-order valence-corrected chi connectivity index (χ4v) is 2.24. The first-order valence-corrected chi connectivity index (χ1v) is 6.01. The molecule has 1 N–H and O–H groups in total. The van der Waals surface area contributed by atoms with Crippen LogP contribution in [0.25, 0.3) is 0 Å². The Morgan fingerprint density at radius 1 is 1.28 bits per heavy atom. The van der Waals surface area contributed by atoms with Gasteiger partial charge in [-0.15, -0.1) is 0 Å². The van der Waals surface area contributed by atoms with E-state index in [1.165, 1.54) is 6.07 Å². The minimum Gasteiger partial charge on any atom is -0.308 e. The van der Waals surface area contributed by atoms with Crippen molar-refractivity contribution in [3.63, 3.8) is 0 Å². The lowest BCUT2D eigenvalue weighted by atomic mass is 10.0. The summed E-state index contributed by atoms with van der Waals surface area (Å²) in [4.78, 5) is 8.12. The van der Waals surface area contributed by atoms with E-state index in [-0.39, 0.29) is 10.5 Å². The third-order valence-corrected chi connectivity index (χ3v) is 3.35. The molecule has 18 heavy (non-hydrogen) atoms. The number of aromatic nitrogens is 2. The maximum Gasteiger partial charge on any atom is 0.173 e. The second-order valence-electron chi connectivity index (χ2n) is 3.62. The molecule has 0 spiro atoms. The molecule has 1 unspecified atom stereocenters. The Kier molecular flexibility index (Phi) is 3.98. The molecule has 0 aliphatic heterocycles. The van der Waals surface area contributed by atoms with Gasteiger partial charge >= 0.3 is 0 Å². The zero-order chi connectivity index (χ0) is 13.1. The van der Waals surface area contributed by atoms with E-state index >= 15 is 0 Å². The zero-order valence-electron chi connectivity index (χ0n) is 9.49. The van der Waals surface area contributed by atoms with Crippen molar-refractivity contribution < 1.29 is 8.78 Å². The molecule has 0 bridgehead atoms. The van der Waals surface area contributed by atoms with Gasteiger partial charge in [0.25, 0.3) is 0 Å². The minimum atomic E-state index is -0.906. The Morgan fingerprint density at radius 3 is 2.67 bits per heavy atom. The molecule has 94 valence electrons. The van der Waals surface area contributed by atoms with E-state index in [4.69, 9.17) is 0 Å². The Labute approximate surface area is 111 Å². The molecule has 1 heterocycles. The quantitative estimate of drug-likeness (QED) is 0.885. The highest BCUT2D eigenvalue weighted by Crippen LogP contribution is 2.30. The molecular formula is C12H10BrF2N3. The van der Waals surface area contributed by atoms with Gasteiger partial charge in [0.15, 0.2) is 11.6 Å². The molecule has 0 fully saturated rings. The van der Waals surface area contributed by atoms with Gasteiger partial charge < -0.3 is 5.32 Å². The number of nitrogens with zero attached hydrogens (tertiary/aromatic N) is 2. The Bertz CT molecular complexity index is 549. The SMILES string of the molecule is CNC(c1cnccn1)c1ccc(F)c(F)c1Br. The summed E-state index contributed by atoms with van der Waals surface area (Å²) in [6, 6.07) is 2.25. The standard InChI is InChI=1S/C12H10BrF2N3/c1-16-12(9-6-17-4-5-18-9)7-2-3-8(14)11(15)10(7)13/h2-6,12,16H,1H3. The summed E-state index contributed by atoms with van der Waals surface area (Å²) in [6.45, 7) is 0. The molecule has 0 aliphatic carbocycles. The second-order valence-corrected chi connectivity index (χ2v) is 4.41. The highest BCUT2D eigenvalue weighted by atomic mass is 79.9. The van der Waals surface area contributed by atoms with Crippen LogP contribution in [0.2, 0.25) is 0 Å². The number of hydrogen-bond donors (Lipinski definition) is 1. The van der Waals surface area contributed by atoms with Crippen molar-refractivity contribution in [1.82, 2.24) is 15.3 Å². The topological polar surface area (TPSA) is 37.8 Å². The highest BCUT2D eigenvalue weighted by molar-refractivity contribution is 9.10. The monoisotopic (exact) mass is 313 g/mol. The zero-order valence-corrected chi connectivity index (χ0v) is 11.1. The minimum absolute atomic E-state index is 0.0903. The molecule has 0 amide bonds. The summed E-state index contributed by atoms with van der Waals surface area (Å²) < 4.78 is 26.7. The van der Waals surface area contributed by atoms with Gasteiger partial charge in [0.05, 0.1) is 22.4 Å². The summed E-state index contributed by atoms with van der Waals surface area (Å²) in [5, 5.41) is 3.00. The van der Waals surface area contributed by atoms with Crippen LogP contribution in [0.1, 0.15) is 17.3 Å². The number of benzene rings is 1. The van der Waals surface area contributed by atoms with Gasteiger partial charge in [-0.2, -0.15) is 0 Å².